The molecule has 0 aliphatic carbocycles. The first kappa shape index (κ1) is 16.7. The van der Waals surface area contributed by atoms with Crippen LogP contribution in [0.15, 0.2) is 48.5 Å². The lowest BCUT2D eigenvalue weighted by atomic mass is 10.0. The van der Waals surface area contributed by atoms with Gasteiger partial charge in [0.25, 0.3) is 5.69 Å². The number of hydrogen-bond acceptors (Lipinski definition) is 3. The highest BCUT2D eigenvalue weighted by molar-refractivity contribution is 5.79. The number of non-ortho nitro benzene ring substituents is 1. The van der Waals surface area contributed by atoms with Crippen molar-refractivity contribution in [1.29, 1.82) is 0 Å². The third-order valence-corrected chi connectivity index (χ3v) is 4.04. The van der Waals surface area contributed by atoms with Gasteiger partial charge in [0.05, 0.1) is 17.4 Å². The van der Waals surface area contributed by atoms with E-state index in [0.29, 0.717) is 0 Å². The third-order valence-electron chi connectivity index (χ3n) is 4.04. The molecule has 0 saturated heterocycles. The Morgan fingerprint density at radius 1 is 1.13 bits per heavy atom. The second kappa shape index (κ2) is 7.05. The second-order valence-corrected chi connectivity index (χ2v) is 5.69. The zero-order valence-electron chi connectivity index (χ0n) is 13.5. The number of hydrogen-bond donors (Lipinski definition) is 0. The van der Waals surface area contributed by atoms with Gasteiger partial charge in [0.2, 0.25) is 5.91 Å². The average Bonchev–Trinajstić information content (AvgIpc) is 2.54. The van der Waals surface area contributed by atoms with Crippen LogP contribution in [0.1, 0.15) is 29.7 Å². The molecule has 0 aliphatic heterocycles. The fraction of sp³-hybridized carbons (Fsp3) is 0.278. The van der Waals surface area contributed by atoms with Crippen LogP contribution < -0.4 is 0 Å². The average molecular weight is 312 g/mol. The Morgan fingerprint density at radius 2 is 1.70 bits per heavy atom. The number of nitro groups is 1. The van der Waals surface area contributed by atoms with E-state index in [2.05, 4.69) is 0 Å². The number of rotatable bonds is 5. The quantitative estimate of drug-likeness (QED) is 0.625. The molecule has 0 aliphatic rings. The van der Waals surface area contributed by atoms with Gasteiger partial charge in [0.1, 0.15) is 0 Å². The third kappa shape index (κ3) is 4.16. The zero-order chi connectivity index (χ0) is 17.0. The lowest BCUT2D eigenvalue weighted by Gasteiger charge is -2.25. The minimum absolute atomic E-state index is 0.0214. The SMILES string of the molecule is Cc1ccc(C(C)N(C)C(=O)Cc2ccc([N+](=O)[O-])cc2)cc1. The Kier molecular flexibility index (Phi) is 5.11. The maximum atomic E-state index is 12.4. The van der Waals surface area contributed by atoms with Crippen molar-refractivity contribution in [3.63, 3.8) is 0 Å². The van der Waals surface area contributed by atoms with Crippen LogP contribution in [-0.2, 0) is 11.2 Å². The Morgan fingerprint density at radius 3 is 2.22 bits per heavy atom. The van der Waals surface area contributed by atoms with Gasteiger partial charge in [0, 0.05) is 19.2 Å². The van der Waals surface area contributed by atoms with E-state index in [4.69, 9.17) is 0 Å². The summed E-state index contributed by atoms with van der Waals surface area (Å²) in [6.07, 6.45) is 0.227. The first-order valence-electron chi connectivity index (χ1n) is 7.44. The first-order valence-corrected chi connectivity index (χ1v) is 7.44. The van der Waals surface area contributed by atoms with Crippen LogP contribution in [0.25, 0.3) is 0 Å². The lowest BCUT2D eigenvalue weighted by molar-refractivity contribution is -0.384. The predicted octanol–water partition coefficient (Wildman–Crippen LogP) is 3.67. The molecule has 2 aromatic carbocycles. The normalized spacial score (nSPS) is 11.8. The van der Waals surface area contributed by atoms with E-state index >= 15 is 0 Å². The Hall–Kier alpha value is -2.69. The summed E-state index contributed by atoms with van der Waals surface area (Å²) in [6.45, 7) is 4.01. The molecule has 0 bridgehead atoms. The molecule has 5 heteroatoms. The Balaban J connectivity index is 2.04. The number of nitrogens with zero attached hydrogens (tertiary/aromatic N) is 2. The standard InChI is InChI=1S/C18H20N2O3/c1-13-4-8-16(9-5-13)14(2)19(3)18(21)12-15-6-10-17(11-7-15)20(22)23/h4-11,14H,12H2,1-3H3. The van der Waals surface area contributed by atoms with Crippen LogP contribution in [0, 0.1) is 17.0 Å². The predicted molar refractivity (Wildman–Crippen MR) is 89.2 cm³/mol. The molecule has 0 N–H and O–H groups in total. The molecular weight excluding hydrogens is 292 g/mol. The summed E-state index contributed by atoms with van der Waals surface area (Å²) in [5.74, 6) is -0.0214. The number of amides is 1. The Bertz CT molecular complexity index is 693. The number of carbonyl (C=O) groups is 1. The zero-order valence-corrected chi connectivity index (χ0v) is 13.5. The van der Waals surface area contributed by atoms with Crippen molar-refractivity contribution in [3.8, 4) is 0 Å². The molecule has 120 valence electrons. The van der Waals surface area contributed by atoms with Crippen molar-refractivity contribution in [1.82, 2.24) is 4.90 Å². The second-order valence-electron chi connectivity index (χ2n) is 5.69. The van der Waals surface area contributed by atoms with Crippen LogP contribution in [-0.4, -0.2) is 22.8 Å². The fourth-order valence-electron chi connectivity index (χ4n) is 2.32. The van der Waals surface area contributed by atoms with Gasteiger partial charge >= 0.3 is 0 Å². The number of benzene rings is 2. The minimum atomic E-state index is -0.447. The molecule has 1 atom stereocenters. The van der Waals surface area contributed by atoms with Crippen molar-refractivity contribution >= 4 is 11.6 Å². The summed E-state index contributed by atoms with van der Waals surface area (Å²) in [5.41, 5.74) is 3.06. The van der Waals surface area contributed by atoms with Crippen LogP contribution in [0.5, 0.6) is 0 Å². The maximum Gasteiger partial charge on any atom is 0.269 e. The molecule has 23 heavy (non-hydrogen) atoms. The van der Waals surface area contributed by atoms with Gasteiger partial charge in [-0.05, 0) is 25.0 Å². The molecule has 2 aromatic rings. The van der Waals surface area contributed by atoms with Crippen LogP contribution in [0.3, 0.4) is 0 Å². The van der Waals surface area contributed by atoms with Gasteiger partial charge in [-0.3, -0.25) is 14.9 Å². The van der Waals surface area contributed by atoms with Crippen molar-refractivity contribution in [3.05, 3.63) is 75.3 Å². The molecule has 1 unspecified atom stereocenters. The van der Waals surface area contributed by atoms with Gasteiger partial charge in [0.15, 0.2) is 0 Å². The topological polar surface area (TPSA) is 63.5 Å². The van der Waals surface area contributed by atoms with Crippen LogP contribution in [0.2, 0.25) is 0 Å². The first-order chi connectivity index (χ1) is 10.9. The maximum absolute atomic E-state index is 12.4. The minimum Gasteiger partial charge on any atom is -0.339 e. The molecule has 5 nitrogen and oxygen atoms in total. The molecule has 0 heterocycles. The van der Waals surface area contributed by atoms with Crippen molar-refractivity contribution < 1.29 is 9.72 Å². The molecule has 0 spiro atoms. The highest BCUT2D eigenvalue weighted by atomic mass is 16.6. The highest BCUT2D eigenvalue weighted by Gasteiger charge is 2.18. The molecule has 0 aromatic heterocycles. The van der Waals surface area contributed by atoms with E-state index in [1.165, 1.54) is 17.7 Å². The van der Waals surface area contributed by atoms with Crippen molar-refractivity contribution in [2.24, 2.45) is 0 Å². The van der Waals surface area contributed by atoms with Crippen molar-refractivity contribution in [2.45, 2.75) is 26.3 Å². The monoisotopic (exact) mass is 312 g/mol. The number of likely N-dealkylation sites (N-methyl/N-ethyl adjacent to an activating group) is 1. The van der Waals surface area contributed by atoms with Gasteiger partial charge < -0.3 is 4.90 Å². The molecule has 0 saturated carbocycles. The van der Waals surface area contributed by atoms with E-state index in [-0.39, 0.29) is 24.1 Å². The smallest absolute Gasteiger partial charge is 0.269 e. The Labute approximate surface area is 135 Å². The van der Waals surface area contributed by atoms with Gasteiger partial charge in [-0.1, -0.05) is 42.0 Å². The number of carbonyl (C=O) groups excluding carboxylic acids is 1. The summed E-state index contributed by atoms with van der Waals surface area (Å²) in [7, 11) is 1.78. The van der Waals surface area contributed by atoms with E-state index < -0.39 is 4.92 Å². The van der Waals surface area contributed by atoms with E-state index in [1.54, 1.807) is 24.1 Å². The van der Waals surface area contributed by atoms with Gasteiger partial charge in [-0.25, -0.2) is 0 Å². The number of aryl methyl sites for hydroxylation is 1. The molecule has 1 amide bonds. The van der Waals surface area contributed by atoms with Gasteiger partial charge in [-0.15, -0.1) is 0 Å². The molecule has 0 radical (unpaired) electrons. The summed E-state index contributed by atoms with van der Waals surface area (Å²) in [4.78, 5) is 24.3. The molecular formula is C18H20N2O3. The van der Waals surface area contributed by atoms with Crippen molar-refractivity contribution in [2.75, 3.05) is 7.05 Å². The summed E-state index contributed by atoms with van der Waals surface area (Å²) < 4.78 is 0. The van der Waals surface area contributed by atoms with Crippen LogP contribution in [0.4, 0.5) is 5.69 Å². The van der Waals surface area contributed by atoms with E-state index in [0.717, 1.165) is 11.1 Å². The van der Waals surface area contributed by atoms with E-state index in [1.807, 2.05) is 38.1 Å². The summed E-state index contributed by atoms with van der Waals surface area (Å²) in [5, 5.41) is 10.6. The lowest BCUT2D eigenvalue weighted by Crippen LogP contribution is -2.30. The van der Waals surface area contributed by atoms with E-state index in [9.17, 15) is 14.9 Å². The summed E-state index contributed by atoms with van der Waals surface area (Å²) in [6, 6.07) is 14.2. The van der Waals surface area contributed by atoms with Gasteiger partial charge in [-0.2, -0.15) is 0 Å². The highest BCUT2D eigenvalue weighted by Crippen LogP contribution is 2.20. The molecule has 2 rings (SSSR count). The largest absolute Gasteiger partial charge is 0.339 e. The fourth-order valence-corrected chi connectivity index (χ4v) is 2.32. The summed E-state index contributed by atoms with van der Waals surface area (Å²) >= 11 is 0. The molecule has 0 fully saturated rings. The number of nitro benzene ring substituents is 1. The van der Waals surface area contributed by atoms with Crippen LogP contribution >= 0.6 is 0 Å².